The molecular weight excluding hydrogens is 722 g/mol. The predicted molar refractivity (Wildman–Crippen MR) is 215 cm³/mol. The maximum atomic E-state index is 6.54. The summed E-state index contributed by atoms with van der Waals surface area (Å²) in [5, 5.41) is 0.982. The standard InChI is InChI=1S/C43H85BrNO2.BrH/c1-6-8-10-12-14-16-18-20-22-24-26-28-30-32-34-36-40-46-42(3)43(45(4,5)39-38-44)47-41-37-35-33-31-29-27-25-23-21-19-17-15-13-11-9-7-2;/h20-23,42-43H,6-19,24-41H2,1-5H3;1H/q+1;/p-1/b22-20+,23-21+;. The van der Waals surface area contributed by atoms with E-state index >= 15 is 0 Å². The molecule has 288 valence electrons. The van der Waals surface area contributed by atoms with Crippen molar-refractivity contribution in [1.82, 2.24) is 0 Å². The van der Waals surface area contributed by atoms with Gasteiger partial charge in [0.25, 0.3) is 0 Å². The monoisotopic (exact) mass is 805 g/mol. The van der Waals surface area contributed by atoms with Crippen LogP contribution in [0.25, 0.3) is 0 Å². The first-order chi connectivity index (χ1) is 23.0. The summed E-state index contributed by atoms with van der Waals surface area (Å²) in [7, 11) is 4.58. The normalized spacial score (nSPS) is 13.5. The number of hydrogen-bond donors (Lipinski definition) is 0. The molecule has 0 saturated heterocycles. The molecule has 0 spiro atoms. The Labute approximate surface area is 321 Å². The van der Waals surface area contributed by atoms with E-state index in [9.17, 15) is 0 Å². The molecule has 2 atom stereocenters. The molecule has 0 amide bonds. The van der Waals surface area contributed by atoms with Crippen LogP contribution in [0.15, 0.2) is 24.3 Å². The number of halogens is 2. The Bertz CT molecular complexity index is 669. The number of unbranched alkanes of at least 4 members (excludes halogenated alkanes) is 24. The van der Waals surface area contributed by atoms with Crippen LogP contribution in [0.1, 0.15) is 201 Å². The summed E-state index contributed by atoms with van der Waals surface area (Å²) < 4.78 is 13.7. The second kappa shape index (κ2) is 40.1. The number of alkyl halides is 1. The molecule has 5 heteroatoms. The minimum absolute atomic E-state index is 0. The van der Waals surface area contributed by atoms with Crippen LogP contribution >= 0.6 is 15.9 Å². The zero-order valence-corrected chi connectivity index (χ0v) is 36.3. The lowest BCUT2D eigenvalue weighted by atomic mass is 10.1. The molecule has 0 heterocycles. The van der Waals surface area contributed by atoms with Crippen LogP contribution in [-0.4, -0.2) is 56.0 Å². The van der Waals surface area contributed by atoms with Gasteiger partial charge in [-0.2, -0.15) is 0 Å². The van der Waals surface area contributed by atoms with E-state index in [-0.39, 0.29) is 29.3 Å². The summed E-state index contributed by atoms with van der Waals surface area (Å²) in [6, 6.07) is 0. The molecule has 3 nitrogen and oxygen atoms in total. The Kier molecular flexibility index (Phi) is 42.1. The molecule has 0 aliphatic heterocycles. The van der Waals surface area contributed by atoms with Gasteiger partial charge in [-0.15, -0.1) is 0 Å². The van der Waals surface area contributed by atoms with E-state index in [0.29, 0.717) is 0 Å². The van der Waals surface area contributed by atoms with Crippen molar-refractivity contribution in [2.75, 3.05) is 39.2 Å². The number of ether oxygens (including phenoxy) is 2. The molecule has 0 bridgehead atoms. The number of rotatable bonds is 38. The molecule has 0 fully saturated rings. The maximum absolute atomic E-state index is 6.54. The fourth-order valence-corrected chi connectivity index (χ4v) is 7.42. The molecule has 0 aromatic heterocycles. The van der Waals surface area contributed by atoms with Gasteiger partial charge < -0.3 is 30.9 Å². The van der Waals surface area contributed by atoms with Crippen molar-refractivity contribution < 1.29 is 30.9 Å². The van der Waals surface area contributed by atoms with Crippen molar-refractivity contribution >= 4 is 15.9 Å². The SMILES string of the molecule is CCCCCCCC/C=C/CCCCCCCCOC(C)C(OCCCCCCCC/C=C/CCCCCCCC)[N+](C)(C)CCBr.[Br-]. The highest BCUT2D eigenvalue weighted by Gasteiger charge is 2.34. The maximum Gasteiger partial charge on any atom is 0.219 e. The fourth-order valence-electron chi connectivity index (χ4n) is 6.51. The van der Waals surface area contributed by atoms with Crippen LogP contribution in [0, 0.1) is 0 Å². The number of hydrogen-bond acceptors (Lipinski definition) is 2. The third-order valence-electron chi connectivity index (χ3n) is 9.73. The lowest BCUT2D eigenvalue weighted by Crippen LogP contribution is -3.00. The molecule has 0 rings (SSSR count). The van der Waals surface area contributed by atoms with Gasteiger partial charge in [-0.25, -0.2) is 0 Å². The molecule has 0 aliphatic rings. The molecule has 0 aliphatic carbocycles. The Morgan fingerprint density at radius 3 is 1.15 bits per heavy atom. The van der Waals surface area contributed by atoms with E-state index in [1.54, 1.807) is 0 Å². The van der Waals surface area contributed by atoms with Crippen molar-refractivity contribution in [3.05, 3.63) is 24.3 Å². The van der Waals surface area contributed by atoms with Crippen molar-refractivity contribution in [3.8, 4) is 0 Å². The number of quaternary nitrogens is 1. The van der Waals surface area contributed by atoms with Crippen molar-refractivity contribution in [2.45, 2.75) is 213 Å². The molecular formula is C43H85Br2NO2. The van der Waals surface area contributed by atoms with Crippen molar-refractivity contribution in [3.63, 3.8) is 0 Å². The predicted octanol–water partition coefficient (Wildman–Crippen LogP) is 11.3. The summed E-state index contributed by atoms with van der Waals surface area (Å²) in [5.74, 6) is 0. The van der Waals surface area contributed by atoms with Gasteiger partial charge in [-0.1, -0.05) is 170 Å². The Morgan fingerprint density at radius 1 is 0.479 bits per heavy atom. The van der Waals surface area contributed by atoms with Crippen LogP contribution in [0.4, 0.5) is 0 Å². The first kappa shape index (κ1) is 50.4. The highest BCUT2D eigenvalue weighted by atomic mass is 79.9. The summed E-state index contributed by atoms with van der Waals surface area (Å²) in [5.41, 5.74) is 0. The second-order valence-electron chi connectivity index (χ2n) is 14.9. The number of allylic oxidation sites excluding steroid dienone is 4. The van der Waals surface area contributed by atoms with Crippen LogP contribution < -0.4 is 17.0 Å². The molecule has 0 N–H and O–H groups in total. The van der Waals surface area contributed by atoms with Gasteiger partial charge in [0.15, 0.2) is 0 Å². The zero-order chi connectivity index (χ0) is 34.5. The third-order valence-corrected chi connectivity index (χ3v) is 10.1. The van der Waals surface area contributed by atoms with Crippen molar-refractivity contribution in [2.24, 2.45) is 0 Å². The summed E-state index contributed by atoms with van der Waals surface area (Å²) >= 11 is 3.66. The highest BCUT2D eigenvalue weighted by molar-refractivity contribution is 9.09. The zero-order valence-electron chi connectivity index (χ0n) is 33.1. The van der Waals surface area contributed by atoms with E-state index in [0.717, 1.165) is 42.4 Å². The molecule has 0 aromatic carbocycles. The van der Waals surface area contributed by atoms with Crippen LogP contribution in [0.5, 0.6) is 0 Å². The van der Waals surface area contributed by atoms with Crippen molar-refractivity contribution in [1.29, 1.82) is 0 Å². The van der Waals surface area contributed by atoms with Gasteiger partial charge in [-0.3, -0.25) is 0 Å². The minimum Gasteiger partial charge on any atom is -1.00 e. The average Bonchev–Trinajstić information content (AvgIpc) is 3.05. The molecule has 0 saturated carbocycles. The topological polar surface area (TPSA) is 18.5 Å². The van der Waals surface area contributed by atoms with E-state index in [1.165, 1.54) is 167 Å². The lowest BCUT2D eigenvalue weighted by Gasteiger charge is -2.40. The average molecular weight is 808 g/mol. The van der Waals surface area contributed by atoms with Crippen LogP contribution in [0.3, 0.4) is 0 Å². The molecule has 0 aromatic rings. The first-order valence-electron chi connectivity index (χ1n) is 20.9. The molecule has 2 unspecified atom stereocenters. The largest absolute Gasteiger partial charge is 1.00 e. The molecule has 48 heavy (non-hydrogen) atoms. The third kappa shape index (κ3) is 34.8. The number of nitrogens with zero attached hydrogens (tertiary/aromatic N) is 1. The Morgan fingerprint density at radius 2 is 0.792 bits per heavy atom. The van der Waals surface area contributed by atoms with Gasteiger partial charge >= 0.3 is 0 Å². The van der Waals surface area contributed by atoms with E-state index < -0.39 is 0 Å². The smallest absolute Gasteiger partial charge is 0.219 e. The number of likely N-dealkylation sites (N-methyl/N-ethyl adjacent to an activating group) is 1. The summed E-state index contributed by atoms with van der Waals surface area (Å²) in [4.78, 5) is 0. The highest BCUT2D eigenvalue weighted by Crippen LogP contribution is 2.18. The first-order valence-corrected chi connectivity index (χ1v) is 22.0. The van der Waals surface area contributed by atoms with Crippen LogP contribution in [-0.2, 0) is 9.47 Å². The Hall–Kier alpha value is 0.320. The summed E-state index contributed by atoms with van der Waals surface area (Å²) in [6.45, 7) is 9.54. The van der Waals surface area contributed by atoms with E-state index in [4.69, 9.17) is 9.47 Å². The minimum atomic E-state index is 0. The summed E-state index contributed by atoms with van der Waals surface area (Å²) in [6.07, 6.45) is 47.4. The quantitative estimate of drug-likeness (QED) is 0.0203. The molecule has 0 radical (unpaired) electrons. The Balaban J connectivity index is 0. The van der Waals surface area contributed by atoms with Gasteiger partial charge in [-0.05, 0) is 71.1 Å². The van der Waals surface area contributed by atoms with Gasteiger partial charge in [0, 0.05) is 6.61 Å². The van der Waals surface area contributed by atoms with E-state index in [1.807, 2.05) is 0 Å². The van der Waals surface area contributed by atoms with E-state index in [2.05, 4.69) is 75.1 Å². The lowest BCUT2D eigenvalue weighted by molar-refractivity contribution is -0.939. The second-order valence-corrected chi connectivity index (χ2v) is 15.7. The fraction of sp³-hybridized carbons (Fsp3) is 0.907. The van der Waals surface area contributed by atoms with Gasteiger partial charge in [0.05, 0.1) is 32.6 Å². The van der Waals surface area contributed by atoms with Crippen LogP contribution in [0.2, 0.25) is 0 Å². The van der Waals surface area contributed by atoms with Gasteiger partial charge in [0.1, 0.15) is 6.10 Å². The van der Waals surface area contributed by atoms with Gasteiger partial charge in [0.2, 0.25) is 6.23 Å².